The van der Waals surface area contributed by atoms with Crippen molar-refractivity contribution in [1.29, 1.82) is 0 Å². The van der Waals surface area contributed by atoms with E-state index in [0.29, 0.717) is 49.2 Å². The number of pyridine rings is 1. The Bertz CT molecular complexity index is 1650. The summed E-state index contributed by atoms with van der Waals surface area (Å²) in [5, 5.41) is 12.7. The van der Waals surface area contributed by atoms with E-state index in [-0.39, 0.29) is 36.2 Å². The number of halogens is 2. The Hall–Kier alpha value is -3.49. The van der Waals surface area contributed by atoms with E-state index in [9.17, 15) is 27.1 Å². The first-order valence-electron chi connectivity index (χ1n) is 12.1. The molecular weight excluding hydrogens is 520 g/mol. The van der Waals surface area contributed by atoms with E-state index < -0.39 is 27.6 Å². The van der Waals surface area contributed by atoms with Crippen molar-refractivity contribution in [3.8, 4) is 0 Å². The van der Waals surface area contributed by atoms with E-state index in [1.807, 2.05) is 12.1 Å². The number of hydrogen-bond acceptors (Lipinski definition) is 8. The quantitative estimate of drug-likeness (QED) is 0.304. The summed E-state index contributed by atoms with van der Waals surface area (Å²) >= 11 is 0. The van der Waals surface area contributed by atoms with Crippen LogP contribution in [0.2, 0.25) is 0 Å². The topological polar surface area (TPSA) is 146 Å². The number of rotatable bonds is 8. The Labute approximate surface area is 216 Å². The lowest BCUT2D eigenvalue weighted by Crippen LogP contribution is -2.42. The number of hydrogen-bond donors (Lipinski definition) is 3. The van der Waals surface area contributed by atoms with Crippen LogP contribution < -0.4 is 10.9 Å². The molecule has 0 aliphatic carbocycles. The highest BCUT2D eigenvalue weighted by Crippen LogP contribution is 2.23. The number of sulfonamides is 1. The summed E-state index contributed by atoms with van der Waals surface area (Å²) in [6.45, 7) is 0.599. The molecule has 3 N–H and O–H groups in total. The van der Waals surface area contributed by atoms with Gasteiger partial charge >= 0.3 is 0 Å². The zero-order chi connectivity index (χ0) is 27.0. The van der Waals surface area contributed by atoms with Crippen LogP contribution in [0.4, 0.5) is 14.7 Å². The van der Waals surface area contributed by atoms with Crippen LogP contribution in [0.3, 0.4) is 0 Å². The van der Waals surface area contributed by atoms with E-state index in [4.69, 9.17) is 0 Å². The third kappa shape index (κ3) is 5.37. The molecule has 4 aromatic rings. The van der Waals surface area contributed by atoms with E-state index in [2.05, 4.69) is 25.3 Å². The van der Waals surface area contributed by atoms with E-state index in [1.165, 1.54) is 16.8 Å². The van der Waals surface area contributed by atoms with Crippen molar-refractivity contribution in [2.75, 3.05) is 31.3 Å². The number of alkyl halides is 2. The molecule has 4 heterocycles. The largest absolute Gasteiger partial charge is 0.396 e. The number of fused-ring (bicyclic) bond motifs is 2. The van der Waals surface area contributed by atoms with Crippen molar-refractivity contribution in [2.24, 2.45) is 0 Å². The molecule has 5 rings (SSSR count). The molecule has 1 saturated heterocycles. The highest BCUT2D eigenvalue weighted by atomic mass is 32.2. The van der Waals surface area contributed by atoms with E-state index in [1.54, 1.807) is 6.07 Å². The molecule has 0 unspecified atom stereocenters. The third-order valence-corrected chi connectivity index (χ3v) is 7.95. The normalized spacial score (nSPS) is 15.6. The van der Waals surface area contributed by atoms with E-state index >= 15 is 0 Å². The fraction of sp³-hybridized carbons (Fsp3) is 0.417. The number of benzene rings is 1. The maximum atomic E-state index is 13.7. The Morgan fingerprint density at radius 1 is 1.21 bits per heavy atom. The Morgan fingerprint density at radius 3 is 2.66 bits per heavy atom. The average Bonchev–Trinajstić information content (AvgIpc) is 3.27. The van der Waals surface area contributed by atoms with Gasteiger partial charge in [0.25, 0.3) is 12.0 Å². The number of nitrogens with one attached hydrogen (secondary N) is 2. The van der Waals surface area contributed by atoms with Crippen LogP contribution in [0.15, 0.2) is 35.3 Å². The predicted molar refractivity (Wildman–Crippen MR) is 138 cm³/mol. The summed E-state index contributed by atoms with van der Waals surface area (Å²) < 4.78 is 53.5. The van der Waals surface area contributed by atoms with Gasteiger partial charge in [-0.1, -0.05) is 6.07 Å². The Morgan fingerprint density at radius 2 is 1.97 bits per heavy atom. The van der Waals surface area contributed by atoms with Gasteiger partial charge in [0.1, 0.15) is 11.5 Å². The summed E-state index contributed by atoms with van der Waals surface area (Å²) in [6.07, 6.45) is 1.15. The molecular formula is C24H27F2N7O4S. The van der Waals surface area contributed by atoms with Crippen LogP contribution in [-0.4, -0.2) is 74.3 Å². The summed E-state index contributed by atoms with van der Waals surface area (Å²) in [5.74, 6) is 0.601. The van der Waals surface area contributed by atoms with Gasteiger partial charge in [0.05, 0.1) is 29.4 Å². The second kappa shape index (κ2) is 10.3. The van der Waals surface area contributed by atoms with Gasteiger partial charge in [0.15, 0.2) is 0 Å². The minimum Gasteiger partial charge on any atom is -0.396 e. The Kier molecular flexibility index (Phi) is 7.11. The third-order valence-electron chi connectivity index (χ3n) is 6.65. The molecule has 0 spiro atoms. The van der Waals surface area contributed by atoms with Gasteiger partial charge < -0.3 is 15.4 Å². The van der Waals surface area contributed by atoms with Crippen LogP contribution >= 0.6 is 0 Å². The van der Waals surface area contributed by atoms with Crippen LogP contribution in [0, 0.1) is 0 Å². The molecule has 1 aliphatic rings. The lowest BCUT2D eigenvalue weighted by Gasteiger charge is -2.30. The van der Waals surface area contributed by atoms with Crippen molar-refractivity contribution in [3.05, 3.63) is 57.8 Å². The minimum atomic E-state index is -3.26. The number of anilines is 1. The molecule has 0 amide bonds. The highest BCUT2D eigenvalue weighted by molar-refractivity contribution is 7.88. The maximum Gasteiger partial charge on any atom is 0.269 e. The number of aromatic nitrogens is 5. The molecule has 11 nitrogen and oxygen atoms in total. The first kappa shape index (κ1) is 26.1. The molecule has 0 radical (unpaired) electrons. The van der Waals surface area contributed by atoms with Gasteiger partial charge in [0, 0.05) is 37.3 Å². The van der Waals surface area contributed by atoms with Crippen LogP contribution in [0.1, 0.15) is 36.2 Å². The van der Waals surface area contributed by atoms with Crippen molar-refractivity contribution < 1.29 is 22.3 Å². The zero-order valence-electron chi connectivity index (χ0n) is 20.6. The van der Waals surface area contributed by atoms with Crippen LogP contribution in [-0.2, 0) is 23.0 Å². The number of aliphatic hydroxyl groups is 1. The lowest BCUT2D eigenvalue weighted by molar-refractivity contribution is 0.149. The number of piperidine rings is 1. The second-order valence-corrected chi connectivity index (χ2v) is 11.3. The van der Waals surface area contributed by atoms with Gasteiger partial charge in [-0.2, -0.15) is 4.98 Å². The van der Waals surface area contributed by atoms with Gasteiger partial charge in [0.2, 0.25) is 16.0 Å². The molecule has 0 bridgehead atoms. The smallest absolute Gasteiger partial charge is 0.269 e. The number of nitrogens with zero attached hydrogens (tertiary/aromatic N) is 5. The first-order chi connectivity index (χ1) is 18.1. The Balaban J connectivity index is 1.48. The van der Waals surface area contributed by atoms with Gasteiger partial charge in [-0.25, -0.2) is 31.5 Å². The summed E-state index contributed by atoms with van der Waals surface area (Å²) in [6, 6.07) is 6.49. The van der Waals surface area contributed by atoms with Crippen LogP contribution in [0.5, 0.6) is 0 Å². The summed E-state index contributed by atoms with van der Waals surface area (Å²) in [4.78, 5) is 29.4. The zero-order valence-corrected chi connectivity index (χ0v) is 21.4. The van der Waals surface area contributed by atoms with Crippen LogP contribution in [0.25, 0.3) is 22.1 Å². The van der Waals surface area contributed by atoms with E-state index in [0.717, 1.165) is 16.2 Å². The predicted octanol–water partition coefficient (Wildman–Crippen LogP) is 2.02. The molecule has 14 heteroatoms. The van der Waals surface area contributed by atoms with Crippen molar-refractivity contribution >= 4 is 38.0 Å². The van der Waals surface area contributed by atoms with Gasteiger partial charge in [-0.15, -0.1) is 0 Å². The van der Waals surface area contributed by atoms with Crippen molar-refractivity contribution in [2.45, 2.75) is 38.3 Å². The first-order valence-corrected chi connectivity index (χ1v) is 14.0. The SMILES string of the molecule is CS(=O)(=O)N1CCC(Nc2ncc3cc(C(F)F)c(=O)n(Cc4nc5ccc(CCO)cc5[nH]4)c3n2)CC1. The molecule has 3 aromatic heterocycles. The van der Waals surface area contributed by atoms with Gasteiger partial charge in [-0.05, 0) is 43.0 Å². The molecule has 0 atom stereocenters. The fourth-order valence-corrected chi connectivity index (χ4v) is 5.56. The molecule has 1 aliphatic heterocycles. The summed E-state index contributed by atoms with van der Waals surface area (Å²) in [7, 11) is -3.26. The molecule has 38 heavy (non-hydrogen) atoms. The molecule has 0 saturated carbocycles. The van der Waals surface area contributed by atoms with Gasteiger partial charge in [-0.3, -0.25) is 9.36 Å². The number of aliphatic hydroxyl groups excluding tert-OH is 1. The maximum absolute atomic E-state index is 13.7. The van der Waals surface area contributed by atoms with Crippen molar-refractivity contribution in [1.82, 2.24) is 28.8 Å². The highest BCUT2D eigenvalue weighted by Gasteiger charge is 2.26. The molecule has 202 valence electrons. The minimum absolute atomic E-state index is 0.00119. The van der Waals surface area contributed by atoms with Crippen molar-refractivity contribution in [3.63, 3.8) is 0 Å². The average molecular weight is 548 g/mol. The second-order valence-electron chi connectivity index (χ2n) is 9.35. The fourth-order valence-electron chi connectivity index (χ4n) is 4.69. The monoisotopic (exact) mass is 547 g/mol. The number of H-pyrrole nitrogens is 1. The lowest BCUT2D eigenvalue weighted by atomic mass is 10.1. The molecule has 1 fully saturated rings. The number of imidazole rings is 1. The molecule has 1 aromatic carbocycles. The standard InChI is InChI=1S/C24H27F2N7O4S/c1-38(36,37)32-7-4-16(5-8-32)28-24-27-12-15-11-17(21(25)26)23(35)33(22(15)31-24)13-20-29-18-3-2-14(6-9-34)10-19(18)30-20/h2-3,10-12,16,21,34H,4-9,13H2,1H3,(H,29,30)(H,27,28,31). The number of aromatic amines is 1. The summed E-state index contributed by atoms with van der Waals surface area (Å²) in [5.41, 5.74) is 0.888.